The molecular formula is C26H28N4O5. The van der Waals surface area contributed by atoms with E-state index in [-0.39, 0.29) is 18.2 Å². The van der Waals surface area contributed by atoms with E-state index in [2.05, 4.69) is 15.7 Å². The van der Waals surface area contributed by atoms with Gasteiger partial charge >= 0.3 is 5.97 Å². The summed E-state index contributed by atoms with van der Waals surface area (Å²) in [4.78, 5) is 37.4. The van der Waals surface area contributed by atoms with Gasteiger partial charge in [-0.25, -0.2) is 9.48 Å². The SMILES string of the molecule is CCCCOC(=O)c1ccc(NC(=O)CC2C(=O)Nc3c(-c4ccc(OC)cc4)c(C)nn32)cc1. The molecule has 2 heterocycles. The van der Waals surface area contributed by atoms with Gasteiger partial charge in [-0.2, -0.15) is 5.10 Å². The topological polar surface area (TPSA) is 112 Å². The summed E-state index contributed by atoms with van der Waals surface area (Å²) < 4.78 is 12.0. The van der Waals surface area contributed by atoms with E-state index < -0.39 is 12.0 Å². The summed E-state index contributed by atoms with van der Waals surface area (Å²) in [6, 6.07) is 13.2. The summed E-state index contributed by atoms with van der Waals surface area (Å²) in [5, 5.41) is 10.2. The van der Waals surface area contributed by atoms with Crippen LogP contribution in [0.5, 0.6) is 5.75 Å². The zero-order chi connectivity index (χ0) is 24.9. The molecule has 1 unspecified atom stereocenters. The number of aromatic nitrogens is 2. The monoisotopic (exact) mass is 476 g/mol. The molecular weight excluding hydrogens is 448 g/mol. The van der Waals surface area contributed by atoms with Crippen LogP contribution in [-0.4, -0.2) is 41.3 Å². The average Bonchev–Trinajstić information content (AvgIpc) is 3.32. The maximum atomic E-state index is 12.7. The van der Waals surface area contributed by atoms with Crippen molar-refractivity contribution >= 4 is 29.3 Å². The summed E-state index contributed by atoms with van der Waals surface area (Å²) in [6.45, 7) is 4.27. The van der Waals surface area contributed by atoms with Gasteiger partial charge in [-0.3, -0.25) is 9.59 Å². The fourth-order valence-electron chi connectivity index (χ4n) is 3.96. The molecule has 0 spiro atoms. The lowest BCUT2D eigenvalue weighted by Gasteiger charge is -2.10. The van der Waals surface area contributed by atoms with Crippen LogP contribution < -0.4 is 15.4 Å². The summed E-state index contributed by atoms with van der Waals surface area (Å²) >= 11 is 0. The first-order valence-electron chi connectivity index (χ1n) is 11.5. The Kier molecular flexibility index (Phi) is 7.14. The third kappa shape index (κ3) is 5.18. The van der Waals surface area contributed by atoms with Crippen LogP contribution >= 0.6 is 0 Å². The van der Waals surface area contributed by atoms with Gasteiger partial charge in [0.05, 0.1) is 31.4 Å². The number of carbonyl (C=O) groups excluding carboxylic acids is 3. The summed E-state index contributed by atoms with van der Waals surface area (Å²) in [5.74, 6) is 0.280. The molecule has 3 aromatic rings. The molecule has 1 aliphatic heterocycles. The highest BCUT2D eigenvalue weighted by molar-refractivity contribution is 6.04. The molecule has 0 fully saturated rings. The van der Waals surface area contributed by atoms with Crippen LogP contribution in [0.4, 0.5) is 11.5 Å². The molecule has 182 valence electrons. The van der Waals surface area contributed by atoms with Crippen molar-refractivity contribution in [1.29, 1.82) is 0 Å². The molecule has 2 N–H and O–H groups in total. The molecule has 0 aliphatic carbocycles. The molecule has 1 aromatic heterocycles. The number of benzene rings is 2. The second kappa shape index (κ2) is 10.4. The summed E-state index contributed by atoms with van der Waals surface area (Å²) in [6.07, 6.45) is 1.68. The van der Waals surface area contributed by atoms with Gasteiger partial charge in [0.25, 0.3) is 5.91 Å². The number of nitrogens with one attached hydrogen (secondary N) is 2. The number of unbranched alkanes of at least 4 members (excludes halogenated alkanes) is 1. The third-order valence-electron chi connectivity index (χ3n) is 5.82. The molecule has 9 heteroatoms. The number of carbonyl (C=O) groups is 3. The predicted molar refractivity (Wildman–Crippen MR) is 131 cm³/mol. The predicted octanol–water partition coefficient (Wildman–Crippen LogP) is 4.35. The van der Waals surface area contributed by atoms with Crippen LogP contribution in [0.25, 0.3) is 11.1 Å². The number of methoxy groups -OCH3 is 1. The van der Waals surface area contributed by atoms with Crippen LogP contribution in [-0.2, 0) is 14.3 Å². The molecule has 0 bridgehead atoms. The van der Waals surface area contributed by atoms with E-state index in [0.717, 1.165) is 35.4 Å². The van der Waals surface area contributed by atoms with Crippen LogP contribution in [0.15, 0.2) is 48.5 Å². The number of hydrogen-bond acceptors (Lipinski definition) is 6. The van der Waals surface area contributed by atoms with E-state index in [9.17, 15) is 14.4 Å². The molecule has 4 rings (SSSR count). The molecule has 0 saturated heterocycles. The smallest absolute Gasteiger partial charge is 0.338 e. The van der Waals surface area contributed by atoms with Gasteiger partial charge in [0.2, 0.25) is 5.91 Å². The lowest BCUT2D eigenvalue weighted by molar-refractivity contribution is -0.123. The first kappa shape index (κ1) is 24.0. The van der Waals surface area contributed by atoms with E-state index in [1.54, 1.807) is 36.1 Å². The Balaban J connectivity index is 1.43. The van der Waals surface area contributed by atoms with Crippen molar-refractivity contribution in [3.63, 3.8) is 0 Å². The van der Waals surface area contributed by atoms with Crippen LogP contribution in [0, 0.1) is 6.92 Å². The second-order valence-corrected chi connectivity index (χ2v) is 8.31. The number of anilines is 2. The van der Waals surface area contributed by atoms with E-state index >= 15 is 0 Å². The highest BCUT2D eigenvalue weighted by Crippen LogP contribution is 2.38. The molecule has 0 saturated carbocycles. The standard InChI is InChI=1S/C26H28N4O5/c1-4-5-14-35-26(33)18-6-10-19(11-7-18)27-22(31)15-21-25(32)28-24-23(16(2)29-30(21)24)17-8-12-20(34-3)13-9-17/h6-13,21H,4-5,14-15H2,1-3H3,(H,27,31)(H,28,32). The van der Waals surface area contributed by atoms with Crippen molar-refractivity contribution in [3.05, 3.63) is 59.8 Å². The minimum atomic E-state index is -0.761. The number of aryl methyl sites for hydroxylation is 1. The molecule has 0 radical (unpaired) electrons. The van der Waals surface area contributed by atoms with Crippen molar-refractivity contribution in [2.75, 3.05) is 24.4 Å². The highest BCUT2D eigenvalue weighted by atomic mass is 16.5. The maximum absolute atomic E-state index is 12.7. The molecule has 1 atom stereocenters. The number of ether oxygens (including phenoxy) is 2. The van der Waals surface area contributed by atoms with Crippen molar-refractivity contribution in [2.45, 2.75) is 39.2 Å². The normalized spacial score (nSPS) is 14.3. The summed E-state index contributed by atoms with van der Waals surface area (Å²) in [7, 11) is 1.60. The first-order valence-corrected chi connectivity index (χ1v) is 11.5. The van der Waals surface area contributed by atoms with E-state index in [4.69, 9.17) is 9.47 Å². The quantitative estimate of drug-likeness (QED) is 0.351. The fourth-order valence-corrected chi connectivity index (χ4v) is 3.96. The zero-order valence-corrected chi connectivity index (χ0v) is 20.0. The van der Waals surface area contributed by atoms with Gasteiger partial charge in [0.1, 0.15) is 17.6 Å². The van der Waals surface area contributed by atoms with Gasteiger partial charge in [0, 0.05) is 11.3 Å². The van der Waals surface area contributed by atoms with Gasteiger partial charge in [-0.05, 0) is 55.3 Å². The molecule has 2 aromatic carbocycles. The number of esters is 1. The lowest BCUT2D eigenvalue weighted by Crippen LogP contribution is -2.23. The third-order valence-corrected chi connectivity index (χ3v) is 5.82. The molecule has 1 aliphatic rings. The Morgan fingerprint density at radius 3 is 2.49 bits per heavy atom. The Morgan fingerprint density at radius 2 is 1.83 bits per heavy atom. The van der Waals surface area contributed by atoms with Gasteiger partial charge in [-0.1, -0.05) is 25.5 Å². The number of amides is 2. The van der Waals surface area contributed by atoms with Gasteiger partial charge < -0.3 is 20.1 Å². The first-order chi connectivity index (χ1) is 16.9. The minimum Gasteiger partial charge on any atom is -0.497 e. The van der Waals surface area contributed by atoms with Crippen molar-refractivity contribution < 1.29 is 23.9 Å². The molecule has 9 nitrogen and oxygen atoms in total. The zero-order valence-electron chi connectivity index (χ0n) is 20.0. The summed E-state index contributed by atoms with van der Waals surface area (Å²) in [5.41, 5.74) is 3.39. The number of fused-ring (bicyclic) bond motifs is 1. The number of hydrogen-bond donors (Lipinski definition) is 2. The Morgan fingerprint density at radius 1 is 1.11 bits per heavy atom. The van der Waals surface area contributed by atoms with Crippen molar-refractivity contribution in [1.82, 2.24) is 9.78 Å². The highest BCUT2D eigenvalue weighted by Gasteiger charge is 2.36. The van der Waals surface area contributed by atoms with E-state index in [0.29, 0.717) is 23.7 Å². The Bertz CT molecular complexity index is 1230. The average molecular weight is 477 g/mol. The lowest BCUT2D eigenvalue weighted by atomic mass is 10.1. The van der Waals surface area contributed by atoms with Crippen molar-refractivity contribution in [2.24, 2.45) is 0 Å². The largest absolute Gasteiger partial charge is 0.497 e. The maximum Gasteiger partial charge on any atom is 0.338 e. The number of nitrogens with zero attached hydrogens (tertiary/aromatic N) is 2. The van der Waals surface area contributed by atoms with Crippen LogP contribution in [0.2, 0.25) is 0 Å². The van der Waals surface area contributed by atoms with Crippen LogP contribution in [0.1, 0.15) is 48.3 Å². The Labute approximate surface area is 203 Å². The fraction of sp³-hybridized carbons (Fsp3) is 0.308. The van der Waals surface area contributed by atoms with Crippen LogP contribution in [0.3, 0.4) is 0 Å². The Hall–Kier alpha value is -4.14. The number of rotatable bonds is 9. The van der Waals surface area contributed by atoms with E-state index in [1.807, 2.05) is 38.1 Å². The van der Waals surface area contributed by atoms with Crippen molar-refractivity contribution in [3.8, 4) is 16.9 Å². The van der Waals surface area contributed by atoms with Gasteiger partial charge in [0.15, 0.2) is 0 Å². The molecule has 35 heavy (non-hydrogen) atoms. The second-order valence-electron chi connectivity index (χ2n) is 8.31. The molecule has 2 amide bonds. The minimum absolute atomic E-state index is 0.0805. The van der Waals surface area contributed by atoms with E-state index in [1.165, 1.54) is 0 Å². The van der Waals surface area contributed by atoms with Gasteiger partial charge in [-0.15, -0.1) is 0 Å².